The molecule has 26 heavy (non-hydrogen) atoms. The maximum atomic E-state index is 13.6. The Hall–Kier alpha value is -2.49. The zero-order valence-corrected chi connectivity index (χ0v) is 13.3. The number of hydrogen-bond acceptors (Lipinski definition) is 4. The van der Waals surface area contributed by atoms with Gasteiger partial charge >= 0.3 is 12.1 Å². The first kappa shape index (κ1) is 18.3. The number of benzene rings is 1. The molecule has 3 N–H and O–H groups in total. The Morgan fingerprint density at radius 1 is 1.19 bits per heavy atom. The predicted octanol–water partition coefficient (Wildman–Crippen LogP) is 2.39. The Morgan fingerprint density at radius 2 is 1.92 bits per heavy atom. The van der Waals surface area contributed by atoms with Crippen molar-refractivity contribution in [3.63, 3.8) is 0 Å². The van der Waals surface area contributed by atoms with Crippen LogP contribution in [0.3, 0.4) is 0 Å². The fraction of sp³-hybridized carbons (Fsp3) is 0.375. The molecular formula is C16H15F5N4O. The molecule has 1 aliphatic heterocycles. The molecule has 1 aromatic carbocycles. The molecule has 1 saturated heterocycles. The number of carbonyl (C=O) groups is 1. The molecular weight excluding hydrogens is 359 g/mol. The van der Waals surface area contributed by atoms with E-state index in [1.165, 1.54) is 12.3 Å². The van der Waals surface area contributed by atoms with E-state index in [1.54, 1.807) is 0 Å². The van der Waals surface area contributed by atoms with Crippen LogP contribution in [0.2, 0.25) is 0 Å². The van der Waals surface area contributed by atoms with Gasteiger partial charge in [-0.2, -0.15) is 22.0 Å². The summed E-state index contributed by atoms with van der Waals surface area (Å²) in [6.07, 6.45) is -4.33. The van der Waals surface area contributed by atoms with Crippen LogP contribution in [-0.4, -0.2) is 42.7 Å². The van der Waals surface area contributed by atoms with E-state index in [1.807, 2.05) is 0 Å². The first-order valence-corrected chi connectivity index (χ1v) is 7.76. The largest absolute Gasteiger partial charge is 0.458 e. The van der Waals surface area contributed by atoms with Crippen molar-refractivity contribution in [2.75, 3.05) is 25.0 Å². The van der Waals surface area contributed by atoms with E-state index in [0.717, 1.165) is 18.2 Å². The number of alkyl halides is 5. The van der Waals surface area contributed by atoms with Crippen LogP contribution in [0.4, 0.5) is 27.8 Å². The summed E-state index contributed by atoms with van der Waals surface area (Å²) in [5.74, 6) is -5.25. The average Bonchev–Trinajstić information content (AvgIpc) is 2.54. The van der Waals surface area contributed by atoms with Crippen molar-refractivity contribution in [1.29, 1.82) is 0 Å². The van der Waals surface area contributed by atoms with Crippen molar-refractivity contribution in [2.24, 2.45) is 0 Å². The van der Waals surface area contributed by atoms with Gasteiger partial charge in [-0.15, -0.1) is 0 Å². The zero-order valence-electron chi connectivity index (χ0n) is 13.3. The molecule has 1 aromatic heterocycles. The summed E-state index contributed by atoms with van der Waals surface area (Å²) in [4.78, 5) is 15.8. The number of nitrogens with zero attached hydrogens (tertiary/aromatic N) is 1. The average molecular weight is 374 g/mol. The highest BCUT2D eigenvalue weighted by atomic mass is 19.4. The number of rotatable bonds is 5. The summed E-state index contributed by atoms with van der Waals surface area (Å²) in [6.45, 7) is 1.14. The van der Waals surface area contributed by atoms with E-state index >= 15 is 0 Å². The molecule has 1 aliphatic rings. The van der Waals surface area contributed by atoms with Gasteiger partial charge in [0.25, 0.3) is 0 Å². The summed E-state index contributed by atoms with van der Waals surface area (Å²) in [6, 6.07) is 4.15. The number of aromatic nitrogens is 1. The number of fused-ring (bicyclic) bond motifs is 1. The van der Waals surface area contributed by atoms with Gasteiger partial charge in [0.05, 0.1) is 12.6 Å². The summed E-state index contributed by atoms with van der Waals surface area (Å²) in [5, 5.41) is 8.90. The molecule has 0 atom stereocenters. The quantitative estimate of drug-likeness (QED) is 0.704. The van der Waals surface area contributed by atoms with Gasteiger partial charge < -0.3 is 16.0 Å². The molecule has 5 nitrogen and oxygen atoms in total. The Balaban J connectivity index is 1.83. The van der Waals surface area contributed by atoms with E-state index in [2.05, 4.69) is 20.9 Å². The topological polar surface area (TPSA) is 66.0 Å². The molecule has 140 valence electrons. The highest BCUT2D eigenvalue weighted by Gasteiger charge is 2.58. The van der Waals surface area contributed by atoms with Crippen molar-refractivity contribution in [3.8, 4) is 0 Å². The molecule has 1 fully saturated rings. The third kappa shape index (κ3) is 3.55. The first-order chi connectivity index (χ1) is 12.2. The van der Waals surface area contributed by atoms with Crippen LogP contribution < -0.4 is 16.0 Å². The molecule has 10 heteroatoms. The zero-order chi connectivity index (χ0) is 18.9. The normalized spacial score (nSPS) is 15.6. The van der Waals surface area contributed by atoms with Gasteiger partial charge in [-0.25, -0.2) is 4.98 Å². The highest BCUT2D eigenvalue weighted by molar-refractivity contribution is 5.93. The van der Waals surface area contributed by atoms with Crippen molar-refractivity contribution in [1.82, 2.24) is 15.6 Å². The number of anilines is 1. The summed E-state index contributed by atoms with van der Waals surface area (Å²) < 4.78 is 65.0. The molecule has 3 rings (SSSR count). The second-order valence-corrected chi connectivity index (χ2v) is 5.94. The molecule has 0 unspecified atom stereocenters. The van der Waals surface area contributed by atoms with Gasteiger partial charge in [-0.1, -0.05) is 12.1 Å². The van der Waals surface area contributed by atoms with E-state index < -0.39 is 17.7 Å². The number of carbonyl (C=O) groups excluding carboxylic acids is 1. The number of amides is 1. The SMILES string of the molecule is O=C(CNc1nccc2ccc(C(F)(F)C(F)(F)F)cc12)NC1CNC1. The van der Waals surface area contributed by atoms with Gasteiger partial charge in [-0.3, -0.25) is 4.79 Å². The Bertz CT molecular complexity index is 820. The van der Waals surface area contributed by atoms with E-state index in [4.69, 9.17) is 0 Å². The van der Waals surface area contributed by atoms with Crippen LogP contribution >= 0.6 is 0 Å². The fourth-order valence-electron chi connectivity index (χ4n) is 2.50. The summed E-state index contributed by atoms with van der Waals surface area (Å²) in [5.41, 5.74) is -1.18. The summed E-state index contributed by atoms with van der Waals surface area (Å²) >= 11 is 0. The second-order valence-electron chi connectivity index (χ2n) is 5.94. The van der Waals surface area contributed by atoms with Gasteiger partial charge in [0, 0.05) is 30.2 Å². The lowest BCUT2D eigenvalue weighted by molar-refractivity contribution is -0.289. The molecule has 1 amide bonds. The smallest absolute Gasteiger partial charge is 0.360 e. The maximum Gasteiger partial charge on any atom is 0.458 e. The standard InChI is InChI=1S/C16H15F5N4O/c17-15(18,16(19,20)21)10-2-1-9-3-4-23-14(12(9)5-10)24-8-13(26)25-11-6-22-7-11/h1-5,11,22H,6-8H2,(H,23,24)(H,25,26). The predicted molar refractivity (Wildman–Crippen MR) is 85.0 cm³/mol. The Kier molecular flexibility index (Phi) is 4.70. The van der Waals surface area contributed by atoms with Crippen molar-refractivity contribution >= 4 is 22.5 Å². The Labute approximate surface area is 145 Å². The van der Waals surface area contributed by atoms with Gasteiger partial charge in [0.2, 0.25) is 5.91 Å². The number of nitrogens with one attached hydrogen (secondary N) is 3. The van der Waals surface area contributed by atoms with Crippen LogP contribution in [0.25, 0.3) is 10.8 Å². The molecule has 0 saturated carbocycles. The van der Waals surface area contributed by atoms with Crippen molar-refractivity contribution in [3.05, 3.63) is 36.0 Å². The fourth-order valence-corrected chi connectivity index (χ4v) is 2.50. The highest BCUT2D eigenvalue weighted by Crippen LogP contribution is 2.44. The molecule has 2 heterocycles. The Morgan fingerprint density at radius 3 is 2.54 bits per heavy atom. The molecule has 0 radical (unpaired) electrons. The third-order valence-electron chi connectivity index (χ3n) is 4.05. The third-order valence-corrected chi connectivity index (χ3v) is 4.05. The first-order valence-electron chi connectivity index (χ1n) is 7.76. The van der Waals surface area contributed by atoms with Crippen LogP contribution in [-0.2, 0) is 10.7 Å². The van der Waals surface area contributed by atoms with Crippen LogP contribution in [0.15, 0.2) is 30.5 Å². The van der Waals surface area contributed by atoms with Crippen LogP contribution in [0.5, 0.6) is 0 Å². The minimum atomic E-state index is -5.70. The summed E-state index contributed by atoms with van der Waals surface area (Å²) in [7, 11) is 0. The molecule has 0 spiro atoms. The van der Waals surface area contributed by atoms with Gasteiger partial charge in [0.1, 0.15) is 5.82 Å². The molecule has 0 bridgehead atoms. The van der Waals surface area contributed by atoms with E-state index in [9.17, 15) is 26.7 Å². The second kappa shape index (κ2) is 6.67. The van der Waals surface area contributed by atoms with Gasteiger partial charge in [0.15, 0.2) is 0 Å². The van der Waals surface area contributed by atoms with Crippen LogP contribution in [0, 0.1) is 0 Å². The lowest BCUT2D eigenvalue weighted by atomic mass is 10.0. The molecule has 0 aliphatic carbocycles. The van der Waals surface area contributed by atoms with Gasteiger partial charge in [-0.05, 0) is 17.5 Å². The lowest BCUT2D eigenvalue weighted by Gasteiger charge is -2.28. The number of hydrogen-bond donors (Lipinski definition) is 3. The maximum absolute atomic E-state index is 13.6. The number of halogens is 5. The minimum Gasteiger partial charge on any atom is -0.360 e. The van der Waals surface area contributed by atoms with E-state index in [-0.39, 0.29) is 29.7 Å². The minimum absolute atomic E-state index is 0.0295. The lowest BCUT2D eigenvalue weighted by Crippen LogP contribution is -2.57. The van der Waals surface area contributed by atoms with E-state index in [0.29, 0.717) is 18.5 Å². The number of pyridine rings is 1. The molecule has 2 aromatic rings. The monoisotopic (exact) mass is 374 g/mol. The van der Waals surface area contributed by atoms with Crippen LogP contribution in [0.1, 0.15) is 5.56 Å². The van der Waals surface area contributed by atoms with Crippen molar-refractivity contribution in [2.45, 2.75) is 18.1 Å². The van der Waals surface area contributed by atoms with Crippen molar-refractivity contribution < 1.29 is 26.7 Å².